The van der Waals surface area contributed by atoms with Crippen LogP contribution in [-0.4, -0.2) is 17.4 Å². The predicted molar refractivity (Wildman–Crippen MR) is 113 cm³/mol. The summed E-state index contributed by atoms with van der Waals surface area (Å²) in [6, 6.07) is 0. The van der Waals surface area contributed by atoms with Crippen molar-refractivity contribution in [3.8, 4) is 0 Å². The number of carbonyl (C=O) groups excluding carboxylic acids is 2. The fourth-order valence-corrected chi connectivity index (χ4v) is 9.53. The van der Waals surface area contributed by atoms with Gasteiger partial charge in [0.15, 0.2) is 5.78 Å². The first kappa shape index (κ1) is 19.8. The van der Waals surface area contributed by atoms with Gasteiger partial charge in [-0.2, -0.15) is 0 Å². The summed E-state index contributed by atoms with van der Waals surface area (Å²) in [6.45, 7) is 14.5. The Balaban J connectivity index is 1.62. The maximum Gasteiger partial charge on any atom is 0.306 e. The van der Waals surface area contributed by atoms with Crippen LogP contribution in [0.5, 0.6) is 0 Å². The summed E-state index contributed by atoms with van der Waals surface area (Å²) < 4.78 is 6.26. The van der Waals surface area contributed by atoms with E-state index in [1.165, 1.54) is 12.0 Å². The normalized spacial score (nSPS) is 56.5. The maximum absolute atomic E-state index is 12.3. The van der Waals surface area contributed by atoms with E-state index in [0.717, 1.165) is 19.3 Å². The molecule has 0 aromatic carbocycles. The second-order valence-electron chi connectivity index (χ2n) is 11.8. The van der Waals surface area contributed by atoms with Crippen LogP contribution in [0.2, 0.25) is 0 Å². The molecule has 4 fully saturated rings. The van der Waals surface area contributed by atoms with Gasteiger partial charge in [-0.05, 0) is 78.6 Å². The quantitative estimate of drug-likeness (QED) is 0.500. The molecule has 0 amide bonds. The number of esters is 1. The van der Waals surface area contributed by atoms with Crippen molar-refractivity contribution < 1.29 is 14.3 Å². The summed E-state index contributed by atoms with van der Waals surface area (Å²) in [5.74, 6) is 4.24. The third-order valence-corrected chi connectivity index (χ3v) is 11.2. The molecular weight excluding hydrogens is 360 g/mol. The molecule has 1 heterocycles. The number of rotatable bonds is 0. The van der Waals surface area contributed by atoms with E-state index >= 15 is 0 Å². The average molecular weight is 399 g/mol. The molecule has 3 unspecified atom stereocenters. The average Bonchev–Trinajstić information content (AvgIpc) is 3.15. The summed E-state index contributed by atoms with van der Waals surface area (Å²) in [5.41, 5.74) is 1.42. The Kier molecular flexibility index (Phi) is 4.09. The largest absolute Gasteiger partial charge is 0.458 e. The zero-order chi connectivity index (χ0) is 20.9. The van der Waals surface area contributed by atoms with E-state index in [0.29, 0.717) is 60.1 Å². The van der Waals surface area contributed by atoms with Gasteiger partial charge < -0.3 is 4.74 Å². The summed E-state index contributed by atoms with van der Waals surface area (Å²) >= 11 is 0. The van der Waals surface area contributed by atoms with Crippen molar-refractivity contribution in [3.05, 3.63) is 11.6 Å². The zero-order valence-electron chi connectivity index (χ0n) is 19.1. The molecule has 0 radical (unpaired) electrons. The fraction of sp³-hybridized carbons (Fsp3) is 0.846. The topological polar surface area (TPSA) is 43.4 Å². The lowest BCUT2D eigenvalue weighted by molar-refractivity contribution is -0.177. The highest BCUT2D eigenvalue weighted by atomic mass is 16.6. The van der Waals surface area contributed by atoms with E-state index in [2.05, 4.69) is 41.5 Å². The fourth-order valence-electron chi connectivity index (χ4n) is 9.53. The summed E-state index contributed by atoms with van der Waals surface area (Å²) in [6.07, 6.45) is 7.60. The van der Waals surface area contributed by atoms with Gasteiger partial charge in [-0.1, -0.05) is 47.1 Å². The van der Waals surface area contributed by atoms with Crippen molar-refractivity contribution in [2.45, 2.75) is 85.7 Å². The Morgan fingerprint density at radius 1 is 0.966 bits per heavy atom. The van der Waals surface area contributed by atoms with Crippen molar-refractivity contribution >= 4 is 11.8 Å². The molecular formula is C26H38O3. The number of ketones is 1. The van der Waals surface area contributed by atoms with Crippen LogP contribution in [0.4, 0.5) is 0 Å². The van der Waals surface area contributed by atoms with Crippen molar-refractivity contribution in [3.63, 3.8) is 0 Å². The van der Waals surface area contributed by atoms with Crippen molar-refractivity contribution in [1.29, 1.82) is 0 Å². The lowest BCUT2D eigenvalue weighted by atomic mass is 9.42. The van der Waals surface area contributed by atoms with E-state index in [-0.39, 0.29) is 22.4 Å². The molecule has 1 spiro atoms. The molecule has 0 aromatic rings. The van der Waals surface area contributed by atoms with Gasteiger partial charge in [-0.3, -0.25) is 9.59 Å². The highest BCUT2D eigenvalue weighted by molar-refractivity contribution is 5.91. The first-order chi connectivity index (χ1) is 13.6. The summed E-state index contributed by atoms with van der Waals surface area (Å²) in [5, 5.41) is 0. The first-order valence-corrected chi connectivity index (χ1v) is 12.0. The standard InChI is InChI=1S/C26H38O3/c1-14-15(2)22-19(24(5)10-7-18(27)13-20(14)24)8-11-25(6)23(22)16(3)17(4)26(25)12-9-21(28)29-26/h13-17,19,22-23H,7-12H2,1-6H3/t14-,15+,16+,17-,19?,22?,23?,24-,25+,26+/m1/s1. The van der Waals surface area contributed by atoms with Crippen LogP contribution in [0.15, 0.2) is 11.6 Å². The Bertz CT molecular complexity index is 798. The van der Waals surface area contributed by atoms with Crippen LogP contribution in [0.3, 0.4) is 0 Å². The van der Waals surface area contributed by atoms with Gasteiger partial charge in [0, 0.05) is 18.3 Å². The van der Waals surface area contributed by atoms with E-state index in [9.17, 15) is 9.59 Å². The second-order valence-corrected chi connectivity index (χ2v) is 11.8. The first-order valence-electron chi connectivity index (χ1n) is 12.0. The highest BCUT2D eigenvalue weighted by Crippen LogP contribution is 2.73. The van der Waals surface area contributed by atoms with Crippen LogP contribution in [0.25, 0.3) is 0 Å². The van der Waals surface area contributed by atoms with Crippen molar-refractivity contribution in [2.24, 2.45) is 52.3 Å². The molecule has 1 aliphatic heterocycles. The van der Waals surface area contributed by atoms with Crippen LogP contribution in [-0.2, 0) is 14.3 Å². The minimum absolute atomic E-state index is 0.0149. The lowest BCUT2D eigenvalue weighted by Crippen LogP contribution is -2.59. The van der Waals surface area contributed by atoms with Gasteiger partial charge in [-0.15, -0.1) is 0 Å². The van der Waals surface area contributed by atoms with Gasteiger partial charge in [-0.25, -0.2) is 0 Å². The van der Waals surface area contributed by atoms with Crippen molar-refractivity contribution in [1.82, 2.24) is 0 Å². The molecule has 1 saturated heterocycles. The summed E-state index contributed by atoms with van der Waals surface area (Å²) in [4.78, 5) is 24.6. The molecule has 5 aliphatic rings. The zero-order valence-corrected chi connectivity index (χ0v) is 19.1. The predicted octanol–water partition coefficient (Wildman–Crippen LogP) is 5.58. The van der Waals surface area contributed by atoms with E-state index in [1.807, 2.05) is 6.08 Å². The van der Waals surface area contributed by atoms with E-state index in [4.69, 9.17) is 4.74 Å². The Labute approximate surface area is 176 Å². The molecule has 4 aliphatic carbocycles. The molecule has 3 heteroatoms. The lowest BCUT2D eigenvalue weighted by Gasteiger charge is -2.63. The molecule has 10 atom stereocenters. The highest BCUT2D eigenvalue weighted by Gasteiger charge is 2.73. The van der Waals surface area contributed by atoms with Gasteiger partial charge in [0.25, 0.3) is 0 Å². The Hall–Kier alpha value is -1.12. The third kappa shape index (κ3) is 2.20. The number of hydrogen-bond donors (Lipinski definition) is 0. The number of fused-ring (bicyclic) bond motifs is 6. The molecule has 0 bridgehead atoms. The molecule has 0 N–H and O–H groups in total. The van der Waals surface area contributed by atoms with Crippen LogP contribution in [0, 0.1) is 52.3 Å². The van der Waals surface area contributed by atoms with Crippen molar-refractivity contribution in [2.75, 3.05) is 0 Å². The number of hydrogen-bond acceptors (Lipinski definition) is 3. The van der Waals surface area contributed by atoms with Gasteiger partial charge in [0.1, 0.15) is 5.60 Å². The number of ether oxygens (including phenoxy) is 1. The third-order valence-electron chi connectivity index (χ3n) is 11.2. The molecule has 160 valence electrons. The smallest absolute Gasteiger partial charge is 0.306 e. The maximum atomic E-state index is 12.3. The van der Waals surface area contributed by atoms with Gasteiger partial charge in [0.05, 0.1) is 0 Å². The minimum Gasteiger partial charge on any atom is -0.458 e. The Morgan fingerprint density at radius 3 is 2.34 bits per heavy atom. The number of carbonyl (C=O) groups is 2. The van der Waals surface area contributed by atoms with E-state index in [1.54, 1.807) is 0 Å². The van der Waals surface area contributed by atoms with Gasteiger partial charge in [0.2, 0.25) is 0 Å². The number of allylic oxidation sites excluding steroid dienone is 1. The molecule has 3 saturated carbocycles. The van der Waals surface area contributed by atoms with Gasteiger partial charge >= 0.3 is 5.97 Å². The molecule has 3 nitrogen and oxygen atoms in total. The minimum atomic E-state index is -0.262. The second kappa shape index (κ2) is 5.98. The van der Waals surface area contributed by atoms with Crippen LogP contribution >= 0.6 is 0 Å². The van der Waals surface area contributed by atoms with Crippen LogP contribution in [0.1, 0.15) is 80.1 Å². The summed E-state index contributed by atoms with van der Waals surface area (Å²) in [7, 11) is 0. The SMILES string of the molecule is C[C@@H]1C2C3C(CC[C@]2(C)[C@]2(CCC(=O)O2)[C@@H]1C)[C@@]1(C)CCC(=O)C=C1[C@H](C)[C@@H]3C. The van der Waals surface area contributed by atoms with Crippen LogP contribution < -0.4 is 0 Å². The molecule has 29 heavy (non-hydrogen) atoms. The monoisotopic (exact) mass is 398 g/mol. The van der Waals surface area contributed by atoms with E-state index < -0.39 is 0 Å². The molecule has 5 rings (SSSR count). The molecule has 0 aromatic heterocycles. The Morgan fingerprint density at radius 2 is 1.69 bits per heavy atom.